The second kappa shape index (κ2) is 6.06. The van der Waals surface area contributed by atoms with Crippen LogP contribution in [0.5, 0.6) is 0 Å². The van der Waals surface area contributed by atoms with E-state index in [0.717, 1.165) is 26.4 Å². The van der Waals surface area contributed by atoms with Crippen LogP contribution in [0.3, 0.4) is 0 Å². The predicted octanol–water partition coefficient (Wildman–Crippen LogP) is 4.95. The average molecular weight is 378 g/mol. The quantitative estimate of drug-likeness (QED) is 0.468. The molecule has 1 aliphatic rings. The largest absolute Gasteiger partial charge is 0.402 e. The van der Waals surface area contributed by atoms with Crippen molar-refractivity contribution in [1.29, 1.82) is 0 Å². The van der Waals surface area contributed by atoms with Gasteiger partial charge < -0.3 is 4.74 Å². The third kappa shape index (κ3) is 2.76. The van der Waals surface area contributed by atoms with Gasteiger partial charge in [0, 0.05) is 10.0 Å². The first-order valence-corrected chi connectivity index (χ1v) is 8.26. The molecule has 0 saturated heterocycles. The van der Waals surface area contributed by atoms with Gasteiger partial charge in [0.15, 0.2) is 5.70 Å². The zero-order valence-corrected chi connectivity index (χ0v) is 14.2. The van der Waals surface area contributed by atoms with Gasteiger partial charge in [0.25, 0.3) is 0 Å². The smallest absolute Gasteiger partial charge is 0.363 e. The lowest BCUT2D eigenvalue weighted by molar-refractivity contribution is -0.129. The van der Waals surface area contributed by atoms with Gasteiger partial charge in [-0.2, -0.15) is 0 Å². The molecular weight excluding hydrogens is 366 g/mol. The summed E-state index contributed by atoms with van der Waals surface area (Å²) in [5, 5.41) is 2.09. The van der Waals surface area contributed by atoms with E-state index in [-0.39, 0.29) is 0 Å². The van der Waals surface area contributed by atoms with Crippen molar-refractivity contribution in [3.63, 3.8) is 0 Å². The molecule has 0 unspecified atom stereocenters. The van der Waals surface area contributed by atoms with Crippen LogP contribution in [0.15, 0.2) is 81.9 Å². The van der Waals surface area contributed by atoms with Gasteiger partial charge >= 0.3 is 5.97 Å². The van der Waals surface area contributed by atoms with Crippen molar-refractivity contribution in [2.24, 2.45) is 4.99 Å². The highest BCUT2D eigenvalue weighted by atomic mass is 79.9. The Hall–Kier alpha value is -2.72. The summed E-state index contributed by atoms with van der Waals surface area (Å²) >= 11 is 3.39. The first-order valence-electron chi connectivity index (χ1n) is 7.47. The van der Waals surface area contributed by atoms with Crippen LogP contribution in [0.1, 0.15) is 11.1 Å². The fraction of sp³-hybridized carbons (Fsp3) is 0. The number of rotatable bonds is 2. The molecule has 0 spiro atoms. The van der Waals surface area contributed by atoms with Gasteiger partial charge in [0.1, 0.15) is 0 Å². The molecule has 0 amide bonds. The van der Waals surface area contributed by atoms with Crippen LogP contribution in [-0.4, -0.2) is 11.9 Å². The first-order chi connectivity index (χ1) is 11.7. The molecule has 0 atom stereocenters. The fourth-order valence-electron chi connectivity index (χ4n) is 2.65. The Bertz CT molecular complexity index is 998. The minimum Gasteiger partial charge on any atom is -0.402 e. The number of fused-ring (bicyclic) bond motifs is 1. The highest BCUT2D eigenvalue weighted by molar-refractivity contribution is 9.10. The van der Waals surface area contributed by atoms with Crippen molar-refractivity contribution in [2.45, 2.75) is 0 Å². The Balaban J connectivity index is 1.77. The topological polar surface area (TPSA) is 38.7 Å². The molecule has 24 heavy (non-hydrogen) atoms. The van der Waals surface area contributed by atoms with Gasteiger partial charge in [-0.05, 0) is 40.6 Å². The summed E-state index contributed by atoms with van der Waals surface area (Å²) in [6.45, 7) is 0. The first kappa shape index (κ1) is 14.8. The number of nitrogens with zero attached hydrogens (tertiary/aromatic N) is 1. The number of aliphatic imine (C=N–C) groups is 1. The maximum atomic E-state index is 12.2. The van der Waals surface area contributed by atoms with Crippen molar-refractivity contribution < 1.29 is 9.53 Å². The molecule has 0 N–H and O–H groups in total. The van der Waals surface area contributed by atoms with Crippen LogP contribution in [0.25, 0.3) is 16.8 Å². The molecule has 116 valence electrons. The summed E-state index contributed by atoms with van der Waals surface area (Å²) in [5.41, 5.74) is 2.02. The van der Waals surface area contributed by atoms with Crippen LogP contribution in [0.4, 0.5) is 0 Å². The van der Waals surface area contributed by atoms with Gasteiger partial charge in [-0.15, -0.1) is 0 Å². The van der Waals surface area contributed by atoms with Crippen molar-refractivity contribution in [2.75, 3.05) is 0 Å². The third-order valence-corrected chi connectivity index (χ3v) is 4.34. The second-order valence-corrected chi connectivity index (χ2v) is 6.33. The SMILES string of the molecule is O=C1OC(c2cccc3ccccc23)=NC1=Cc1ccc(Br)cc1. The predicted molar refractivity (Wildman–Crippen MR) is 98.7 cm³/mol. The van der Waals surface area contributed by atoms with Crippen LogP contribution in [0, 0.1) is 0 Å². The molecule has 0 bridgehead atoms. The monoisotopic (exact) mass is 377 g/mol. The fourth-order valence-corrected chi connectivity index (χ4v) is 2.92. The molecular formula is C20H12BrNO2. The van der Waals surface area contributed by atoms with E-state index in [1.165, 1.54) is 0 Å². The maximum absolute atomic E-state index is 12.2. The molecule has 0 aliphatic carbocycles. The summed E-state index contributed by atoms with van der Waals surface area (Å²) < 4.78 is 6.38. The molecule has 4 rings (SSSR count). The van der Waals surface area contributed by atoms with Gasteiger partial charge in [0.05, 0.1) is 0 Å². The zero-order chi connectivity index (χ0) is 16.5. The highest BCUT2D eigenvalue weighted by Crippen LogP contribution is 2.25. The summed E-state index contributed by atoms with van der Waals surface area (Å²) in [6, 6.07) is 21.5. The third-order valence-electron chi connectivity index (χ3n) is 3.81. The lowest BCUT2D eigenvalue weighted by Gasteiger charge is -2.04. The summed E-state index contributed by atoms with van der Waals surface area (Å²) in [5.74, 6) is -0.0824. The van der Waals surface area contributed by atoms with Gasteiger partial charge in [-0.1, -0.05) is 64.5 Å². The van der Waals surface area contributed by atoms with Gasteiger partial charge in [-0.25, -0.2) is 9.79 Å². The standard InChI is InChI=1S/C20H12BrNO2/c21-15-10-8-13(9-11-15)12-18-20(23)24-19(22-18)17-7-3-5-14-4-1-2-6-16(14)17/h1-12H. The Morgan fingerprint density at radius 3 is 2.50 bits per heavy atom. The Morgan fingerprint density at radius 2 is 1.67 bits per heavy atom. The molecule has 1 aliphatic heterocycles. The molecule has 0 radical (unpaired) electrons. The van der Waals surface area contributed by atoms with Crippen LogP contribution < -0.4 is 0 Å². The van der Waals surface area contributed by atoms with Crippen LogP contribution in [-0.2, 0) is 9.53 Å². The zero-order valence-electron chi connectivity index (χ0n) is 12.6. The Morgan fingerprint density at radius 1 is 0.917 bits per heavy atom. The van der Waals surface area contributed by atoms with E-state index in [1.807, 2.05) is 66.7 Å². The summed E-state index contributed by atoms with van der Waals surface area (Å²) in [6.07, 6.45) is 1.73. The van der Waals surface area contributed by atoms with Crippen molar-refractivity contribution in [3.8, 4) is 0 Å². The molecule has 1 heterocycles. The van der Waals surface area contributed by atoms with Crippen LogP contribution in [0.2, 0.25) is 0 Å². The minimum absolute atomic E-state index is 0.306. The molecule has 0 fully saturated rings. The number of carbonyl (C=O) groups excluding carboxylic acids is 1. The normalized spacial score (nSPS) is 15.6. The lowest BCUT2D eigenvalue weighted by atomic mass is 10.0. The van der Waals surface area contributed by atoms with E-state index in [0.29, 0.717) is 11.6 Å². The Labute approximate surface area is 147 Å². The molecule has 3 aromatic rings. The van der Waals surface area contributed by atoms with E-state index in [2.05, 4.69) is 20.9 Å². The number of carbonyl (C=O) groups is 1. The number of esters is 1. The number of hydrogen-bond donors (Lipinski definition) is 0. The number of ether oxygens (including phenoxy) is 1. The number of halogens is 1. The summed E-state index contributed by atoms with van der Waals surface area (Å²) in [7, 11) is 0. The molecule has 0 saturated carbocycles. The van der Waals surface area contributed by atoms with Crippen LogP contribution >= 0.6 is 15.9 Å². The Kier molecular flexibility index (Phi) is 3.75. The van der Waals surface area contributed by atoms with E-state index >= 15 is 0 Å². The highest BCUT2D eigenvalue weighted by Gasteiger charge is 2.25. The number of cyclic esters (lactones) is 1. The van der Waals surface area contributed by atoms with E-state index < -0.39 is 5.97 Å². The maximum Gasteiger partial charge on any atom is 0.363 e. The van der Waals surface area contributed by atoms with Crippen molar-refractivity contribution >= 4 is 44.6 Å². The molecule has 0 aromatic heterocycles. The summed E-state index contributed by atoms with van der Waals surface area (Å²) in [4.78, 5) is 16.6. The van der Waals surface area contributed by atoms with Gasteiger partial charge in [-0.3, -0.25) is 0 Å². The van der Waals surface area contributed by atoms with Gasteiger partial charge in [0.2, 0.25) is 5.90 Å². The molecule has 4 heteroatoms. The second-order valence-electron chi connectivity index (χ2n) is 5.41. The van der Waals surface area contributed by atoms with E-state index in [4.69, 9.17) is 4.74 Å². The number of hydrogen-bond acceptors (Lipinski definition) is 3. The number of benzene rings is 3. The molecule has 3 nitrogen and oxygen atoms in total. The lowest BCUT2D eigenvalue weighted by Crippen LogP contribution is -2.05. The van der Waals surface area contributed by atoms with Crippen molar-refractivity contribution in [3.05, 3.63) is 88.0 Å². The van der Waals surface area contributed by atoms with Crippen molar-refractivity contribution in [1.82, 2.24) is 0 Å². The average Bonchev–Trinajstić information content (AvgIpc) is 2.97. The minimum atomic E-state index is -0.430. The van der Waals surface area contributed by atoms with E-state index in [1.54, 1.807) is 6.08 Å². The molecule has 3 aromatic carbocycles. The van der Waals surface area contributed by atoms with E-state index in [9.17, 15) is 4.79 Å².